The van der Waals surface area contributed by atoms with E-state index >= 15 is 0 Å². The van der Waals surface area contributed by atoms with E-state index in [0.717, 1.165) is 28.0 Å². The number of halogens is 1. The lowest BCUT2D eigenvalue weighted by molar-refractivity contribution is 0.122. The number of hydrogen-bond donors (Lipinski definition) is 0. The second kappa shape index (κ2) is 11.1. The van der Waals surface area contributed by atoms with Crippen molar-refractivity contribution in [2.24, 2.45) is 10.2 Å². The van der Waals surface area contributed by atoms with Gasteiger partial charge in [0.2, 0.25) is 0 Å². The maximum absolute atomic E-state index is 11.9. The van der Waals surface area contributed by atoms with Crippen LogP contribution in [0, 0.1) is 3.57 Å². The molecule has 9 nitrogen and oxygen atoms in total. The van der Waals surface area contributed by atoms with Crippen molar-refractivity contribution in [1.29, 1.82) is 0 Å². The predicted octanol–water partition coefficient (Wildman–Crippen LogP) is 3.44. The molecule has 0 radical (unpaired) electrons. The molecule has 4 rings (SSSR count). The van der Waals surface area contributed by atoms with Gasteiger partial charge in [0.15, 0.2) is 5.82 Å². The van der Waals surface area contributed by atoms with E-state index in [1.165, 1.54) is 6.07 Å². The fourth-order valence-corrected chi connectivity index (χ4v) is 3.78. The molecule has 0 amide bonds. The Bertz CT molecular complexity index is 1130. The third-order valence-electron chi connectivity index (χ3n) is 4.79. The Kier molecular flexibility index (Phi) is 7.77. The Morgan fingerprint density at radius 3 is 2.78 bits per heavy atom. The molecule has 0 N–H and O–H groups in total. The lowest BCUT2D eigenvalue weighted by Crippen LogP contribution is -2.36. The topological polar surface area (TPSA) is 94.2 Å². The van der Waals surface area contributed by atoms with E-state index in [1.807, 2.05) is 24.3 Å². The van der Waals surface area contributed by atoms with Gasteiger partial charge in [0.1, 0.15) is 12.4 Å². The number of aromatic nitrogens is 3. The van der Waals surface area contributed by atoms with E-state index in [1.54, 1.807) is 22.9 Å². The molecular formula is C22H23IN6O3. The number of morpholine rings is 1. The van der Waals surface area contributed by atoms with Crippen LogP contribution < -0.4 is 15.2 Å². The van der Waals surface area contributed by atoms with Gasteiger partial charge in [-0.05, 0) is 46.4 Å². The molecular weight excluding hydrogens is 523 g/mol. The predicted molar refractivity (Wildman–Crippen MR) is 129 cm³/mol. The summed E-state index contributed by atoms with van der Waals surface area (Å²) < 4.78 is 13.9. The minimum atomic E-state index is -0.0795. The number of pyridine rings is 1. The van der Waals surface area contributed by atoms with Crippen molar-refractivity contribution in [2.75, 3.05) is 37.8 Å². The molecule has 1 saturated heterocycles. The number of nitrogens with zero attached hydrogens (tertiary/aromatic N) is 6. The van der Waals surface area contributed by atoms with Crippen LogP contribution in [0.25, 0.3) is 0 Å². The molecule has 32 heavy (non-hydrogen) atoms. The summed E-state index contributed by atoms with van der Waals surface area (Å²) in [6.45, 7) is 3.86. The fourth-order valence-electron chi connectivity index (χ4n) is 3.18. The van der Waals surface area contributed by atoms with Crippen molar-refractivity contribution in [3.63, 3.8) is 0 Å². The highest BCUT2D eigenvalue weighted by molar-refractivity contribution is 14.1. The monoisotopic (exact) mass is 546 g/mol. The first kappa shape index (κ1) is 22.3. The summed E-state index contributed by atoms with van der Waals surface area (Å²) in [5.74, 6) is 1.15. The minimum Gasteiger partial charge on any atom is -0.461 e. The highest BCUT2D eigenvalue weighted by Crippen LogP contribution is 2.23. The lowest BCUT2D eigenvalue weighted by atomic mass is 10.2. The first-order chi connectivity index (χ1) is 15.7. The van der Waals surface area contributed by atoms with Crippen molar-refractivity contribution >= 4 is 34.2 Å². The summed E-state index contributed by atoms with van der Waals surface area (Å²) in [6.07, 6.45) is 1.72. The first-order valence-corrected chi connectivity index (χ1v) is 11.4. The molecule has 10 heteroatoms. The van der Waals surface area contributed by atoms with Crippen molar-refractivity contribution in [3.05, 3.63) is 74.2 Å². The number of rotatable bonds is 8. The van der Waals surface area contributed by atoms with Gasteiger partial charge in [-0.3, -0.25) is 4.79 Å². The van der Waals surface area contributed by atoms with Gasteiger partial charge >= 0.3 is 6.01 Å². The minimum absolute atomic E-state index is 0.0795. The zero-order valence-corrected chi connectivity index (χ0v) is 19.6. The maximum atomic E-state index is 11.9. The van der Waals surface area contributed by atoms with Gasteiger partial charge < -0.3 is 18.9 Å². The molecule has 0 spiro atoms. The van der Waals surface area contributed by atoms with Gasteiger partial charge in [0, 0.05) is 35.0 Å². The molecule has 1 aliphatic rings. The second-order valence-corrected chi connectivity index (χ2v) is 8.32. The molecule has 1 aromatic carbocycles. The quantitative estimate of drug-likeness (QED) is 0.318. The van der Waals surface area contributed by atoms with Gasteiger partial charge in [-0.1, -0.05) is 18.2 Å². The highest BCUT2D eigenvalue weighted by atomic mass is 127. The molecule has 3 heterocycles. The Morgan fingerprint density at radius 2 is 1.97 bits per heavy atom. The number of anilines is 1. The summed E-state index contributed by atoms with van der Waals surface area (Å²) in [7, 11) is 0. The Balaban J connectivity index is 1.48. The van der Waals surface area contributed by atoms with E-state index in [2.05, 4.69) is 53.8 Å². The van der Waals surface area contributed by atoms with Crippen LogP contribution in [0.1, 0.15) is 5.56 Å². The average Bonchev–Trinajstić information content (AvgIpc) is 2.81. The third kappa shape index (κ3) is 6.33. The van der Waals surface area contributed by atoms with Crippen molar-refractivity contribution < 1.29 is 9.47 Å². The molecule has 3 aromatic rings. The van der Waals surface area contributed by atoms with Gasteiger partial charge in [-0.15, -0.1) is 5.11 Å². The number of hydrogen-bond acceptors (Lipinski definition) is 8. The Hall–Kier alpha value is -2.86. The van der Waals surface area contributed by atoms with Crippen LogP contribution in [0.5, 0.6) is 6.01 Å². The van der Waals surface area contributed by atoms with E-state index in [4.69, 9.17) is 9.47 Å². The highest BCUT2D eigenvalue weighted by Gasteiger charge is 2.15. The van der Waals surface area contributed by atoms with Crippen LogP contribution in [-0.2, 0) is 17.8 Å². The summed E-state index contributed by atoms with van der Waals surface area (Å²) >= 11 is 2.27. The van der Waals surface area contributed by atoms with E-state index in [-0.39, 0.29) is 18.2 Å². The second-order valence-electron chi connectivity index (χ2n) is 7.08. The standard InChI is InChI=1S/C22H23IN6O3/c23-18-5-3-4-17(14-18)16-24-27-19-15-20(28-8-11-31-12-9-28)26-22(25-19)32-13-10-29-7-2-1-6-21(29)30/h1-7,14-15H,8-13,16H2. The summed E-state index contributed by atoms with van der Waals surface area (Å²) in [5, 5.41) is 8.61. The van der Waals surface area contributed by atoms with E-state index < -0.39 is 0 Å². The molecule has 0 atom stereocenters. The van der Waals surface area contributed by atoms with Crippen LogP contribution in [0.4, 0.5) is 11.6 Å². The largest absolute Gasteiger partial charge is 0.461 e. The lowest BCUT2D eigenvalue weighted by Gasteiger charge is -2.27. The third-order valence-corrected chi connectivity index (χ3v) is 5.46. The Labute approximate surface area is 199 Å². The molecule has 0 aliphatic carbocycles. The summed E-state index contributed by atoms with van der Waals surface area (Å²) in [4.78, 5) is 22.9. The fraction of sp³-hybridized carbons (Fsp3) is 0.318. The summed E-state index contributed by atoms with van der Waals surface area (Å²) in [6, 6.07) is 15.2. The van der Waals surface area contributed by atoms with Crippen LogP contribution in [0.2, 0.25) is 0 Å². The van der Waals surface area contributed by atoms with Crippen molar-refractivity contribution in [1.82, 2.24) is 14.5 Å². The molecule has 166 valence electrons. The smallest absolute Gasteiger partial charge is 0.320 e. The number of ether oxygens (including phenoxy) is 2. The van der Waals surface area contributed by atoms with Crippen LogP contribution in [-0.4, -0.2) is 47.4 Å². The van der Waals surface area contributed by atoms with Gasteiger partial charge in [-0.2, -0.15) is 15.1 Å². The van der Waals surface area contributed by atoms with Crippen LogP contribution in [0.15, 0.2) is 69.8 Å². The number of benzene rings is 1. The SMILES string of the molecule is O=c1ccccn1CCOc1nc(N=NCc2cccc(I)c2)cc(N2CCOCC2)n1. The molecule has 0 saturated carbocycles. The molecule has 2 aromatic heterocycles. The Morgan fingerprint density at radius 1 is 1.09 bits per heavy atom. The maximum Gasteiger partial charge on any atom is 0.320 e. The van der Waals surface area contributed by atoms with Crippen molar-refractivity contribution in [3.8, 4) is 6.01 Å². The van der Waals surface area contributed by atoms with Crippen LogP contribution >= 0.6 is 22.6 Å². The van der Waals surface area contributed by atoms with Gasteiger partial charge in [0.25, 0.3) is 5.56 Å². The normalized spacial score (nSPS) is 14.1. The van der Waals surface area contributed by atoms with Crippen molar-refractivity contribution in [2.45, 2.75) is 13.1 Å². The average molecular weight is 546 g/mol. The molecule has 0 bridgehead atoms. The van der Waals surface area contributed by atoms with E-state index in [0.29, 0.717) is 32.1 Å². The first-order valence-electron chi connectivity index (χ1n) is 10.3. The summed E-state index contributed by atoms with van der Waals surface area (Å²) in [5.41, 5.74) is 0.997. The number of azo groups is 1. The van der Waals surface area contributed by atoms with Gasteiger partial charge in [0.05, 0.1) is 26.3 Å². The molecule has 0 unspecified atom stereocenters. The zero-order chi connectivity index (χ0) is 22.2. The molecule has 1 aliphatic heterocycles. The zero-order valence-electron chi connectivity index (χ0n) is 17.4. The van der Waals surface area contributed by atoms with Gasteiger partial charge in [-0.25, -0.2) is 0 Å². The van der Waals surface area contributed by atoms with Crippen LogP contribution in [0.3, 0.4) is 0 Å². The van der Waals surface area contributed by atoms with E-state index in [9.17, 15) is 4.79 Å². The molecule has 1 fully saturated rings.